The first kappa shape index (κ1) is 80.6. The molecule has 648 valence electrons. The Morgan fingerprint density at radius 2 is 0.489 bits per heavy atom. The summed E-state index contributed by atoms with van der Waals surface area (Å²) in [5.74, 6) is 5.94. The van der Waals surface area contributed by atoms with Crippen LogP contribution in [0.25, 0.3) is 274 Å². The lowest BCUT2D eigenvalue weighted by molar-refractivity contribution is 0.661. The van der Waals surface area contributed by atoms with Gasteiger partial charge in [-0.1, -0.05) is 402 Å². The van der Waals surface area contributed by atoms with Crippen molar-refractivity contribution in [3.63, 3.8) is 0 Å². The van der Waals surface area contributed by atoms with Crippen LogP contribution < -0.4 is 0 Å². The Morgan fingerprint density at radius 1 is 0.194 bits per heavy atom. The molecule has 23 aromatic carbocycles. The number of nitrogens with zero attached hydrogens (tertiary/aromatic N) is 9. The summed E-state index contributed by atoms with van der Waals surface area (Å²) in [5, 5.41) is 31.6. The van der Waals surface area contributed by atoms with E-state index in [9.17, 15) is 0 Å². The van der Waals surface area contributed by atoms with Crippen molar-refractivity contribution in [1.82, 2.24) is 44.9 Å². The molecule has 0 amide bonds. The van der Waals surface area contributed by atoms with Gasteiger partial charge in [0.05, 0.1) is 0 Å². The molecule has 28 aromatic rings. The zero-order chi connectivity index (χ0) is 91.9. The molecule has 0 fully saturated rings. The number of thiophene rings is 1. The molecule has 0 N–H and O–H groups in total. The number of aromatic nitrogens is 9. The fraction of sp³-hybridized carbons (Fsp3) is 0.0234. The van der Waals surface area contributed by atoms with Crippen LogP contribution >= 0.6 is 11.3 Å². The van der Waals surface area contributed by atoms with Gasteiger partial charge in [-0.05, 0) is 185 Å². The summed E-state index contributed by atoms with van der Waals surface area (Å²) in [4.78, 5) is 44.8. The van der Waals surface area contributed by atoms with Crippen molar-refractivity contribution in [1.29, 1.82) is 0 Å². The normalized spacial score (nSPS) is 12.3. The number of rotatable bonds is 9. The summed E-state index contributed by atoms with van der Waals surface area (Å²) in [7, 11) is 0. The monoisotopic (exact) mass is 1790 g/mol. The van der Waals surface area contributed by atoms with Gasteiger partial charge in [-0.3, -0.25) is 0 Å². The van der Waals surface area contributed by atoms with E-state index in [1.165, 1.54) is 129 Å². The minimum Gasteiger partial charge on any atom is -0.455 e. The van der Waals surface area contributed by atoms with E-state index in [2.05, 4.69) is 335 Å². The molecule has 11 heteroatoms. The number of hydrogen-bond donors (Lipinski definition) is 0. The Kier molecular flexibility index (Phi) is 18.9. The van der Waals surface area contributed by atoms with E-state index in [-0.39, 0.29) is 5.41 Å². The van der Waals surface area contributed by atoms with Crippen LogP contribution in [0.15, 0.2) is 447 Å². The average molecular weight is 1790 g/mol. The zero-order valence-electron chi connectivity index (χ0n) is 75.5. The fourth-order valence-corrected chi connectivity index (χ4v) is 22.4. The highest BCUT2D eigenvalue weighted by molar-refractivity contribution is 7.26. The predicted molar refractivity (Wildman–Crippen MR) is 579 cm³/mol. The third-order valence-electron chi connectivity index (χ3n) is 28.0. The molecule has 10 nitrogen and oxygen atoms in total. The predicted octanol–water partition coefficient (Wildman–Crippen LogP) is 33.9. The maximum Gasteiger partial charge on any atom is 0.164 e. The maximum atomic E-state index is 6.40. The molecule has 0 saturated heterocycles. The average Bonchev–Trinajstić information content (AvgIpc) is 1.28. The fourth-order valence-electron chi connectivity index (χ4n) is 21.2. The van der Waals surface area contributed by atoms with Gasteiger partial charge in [0.15, 0.2) is 52.4 Å². The van der Waals surface area contributed by atoms with Gasteiger partial charge in [-0.15, -0.1) is 11.3 Å². The molecule has 0 unspecified atom stereocenters. The molecule has 139 heavy (non-hydrogen) atoms. The highest BCUT2D eigenvalue weighted by atomic mass is 32.1. The molecule has 5 heterocycles. The van der Waals surface area contributed by atoms with E-state index in [0.29, 0.717) is 52.4 Å². The highest BCUT2D eigenvalue weighted by Crippen LogP contribution is 2.53. The van der Waals surface area contributed by atoms with Crippen molar-refractivity contribution in [3.05, 3.63) is 454 Å². The first-order valence-corrected chi connectivity index (χ1v) is 47.8. The van der Waals surface area contributed by atoms with Gasteiger partial charge in [0.1, 0.15) is 11.2 Å². The summed E-state index contributed by atoms with van der Waals surface area (Å²) in [6.45, 7) is 4.68. The molecular weight excluding hydrogens is 1710 g/mol. The maximum absolute atomic E-state index is 6.40. The van der Waals surface area contributed by atoms with Crippen LogP contribution in [0, 0.1) is 0 Å². The Bertz CT molecular complexity index is 9510. The largest absolute Gasteiger partial charge is 0.455 e. The number of hydrogen-bond acceptors (Lipinski definition) is 11. The summed E-state index contributed by atoms with van der Waals surface area (Å²) in [6, 6.07) is 156. The van der Waals surface area contributed by atoms with E-state index in [4.69, 9.17) is 49.3 Å². The van der Waals surface area contributed by atoms with E-state index < -0.39 is 0 Å². The van der Waals surface area contributed by atoms with E-state index in [1.807, 2.05) is 133 Å². The molecule has 0 saturated carbocycles. The van der Waals surface area contributed by atoms with Crippen LogP contribution in [-0.2, 0) is 5.41 Å². The van der Waals surface area contributed by atoms with Gasteiger partial charge in [0, 0.05) is 97.2 Å². The molecule has 5 aromatic heterocycles. The molecule has 29 rings (SSSR count). The third kappa shape index (κ3) is 13.9. The summed E-state index contributed by atoms with van der Waals surface area (Å²) in [5.41, 5.74) is 16.0. The molecule has 0 spiro atoms. The van der Waals surface area contributed by atoms with Crippen LogP contribution in [0.4, 0.5) is 0 Å². The van der Waals surface area contributed by atoms with Gasteiger partial charge in [0.25, 0.3) is 0 Å². The lowest BCUT2D eigenvalue weighted by atomic mass is 9.82. The SMILES string of the molecule is CC1(C)c2ccccc2-c2c1ccc1c2ccc2ccc3cc(-c4nc(-c5ccccc5)nc(-c5ccccc5)n4)ccc3c21.c1ccc(-c2nc(-c3ccc4ccccc4c3)nc(-c3ccc4c(ccc5ccc6c(ccc7c8ccccc8oc76)c54)c3)n2)cc1.c1ccc(-c2nc(-c3ccc4ccccc4c3)nc(-c3ccc4c(ccc5ccc6c(ccc7c8ccccc8sc76)c54)c3)n2)cc1. The molecular formula is C128H79N9OS. The molecule has 0 radical (unpaired) electrons. The topological polar surface area (TPSA) is 129 Å². The Hall–Kier alpha value is -18.0. The second-order valence-electron chi connectivity index (χ2n) is 36.5. The Morgan fingerprint density at radius 3 is 0.964 bits per heavy atom. The van der Waals surface area contributed by atoms with Gasteiger partial charge >= 0.3 is 0 Å². The van der Waals surface area contributed by atoms with Gasteiger partial charge < -0.3 is 4.42 Å². The van der Waals surface area contributed by atoms with Crippen LogP contribution in [0.1, 0.15) is 25.0 Å². The smallest absolute Gasteiger partial charge is 0.164 e. The minimum atomic E-state index is -0.0233. The zero-order valence-corrected chi connectivity index (χ0v) is 76.3. The molecule has 1 aliphatic carbocycles. The van der Waals surface area contributed by atoms with E-state index >= 15 is 0 Å². The van der Waals surface area contributed by atoms with Crippen molar-refractivity contribution in [3.8, 4) is 114 Å². The van der Waals surface area contributed by atoms with Gasteiger partial charge in [0.2, 0.25) is 0 Å². The lowest BCUT2D eigenvalue weighted by Gasteiger charge is -2.21. The van der Waals surface area contributed by atoms with Crippen LogP contribution in [-0.4, -0.2) is 44.9 Å². The number of furan rings is 1. The van der Waals surface area contributed by atoms with E-state index in [0.717, 1.165) is 104 Å². The van der Waals surface area contributed by atoms with Crippen molar-refractivity contribution >= 4 is 172 Å². The second kappa shape index (κ2) is 32.7. The summed E-state index contributed by atoms with van der Waals surface area (Å²) < 4.78 is 9.07. The molecule has 0 bridgehead atoms. The van der Waals surface area contributed by atoms with Gasteiger partial charge in [-0.2, -0.15) is 0 Å². The first-order chi connectivity index (χ1) is 68.6. The number of fused-ring (bicyclic) bond motifs is 29. The lowest BCUT2D eigenvalue weighted by Crippen LogP contribution is -2.14. The van der Waals surface area contributed by atoms with Crippen molar-refractivity contribution in [2.24, 2.45) is 0 Å². The summed E-state index contributed by atoms with van der Waals surface area (Å²) in [6.07, 6.45) is 0. The van der Waals surface area contributed by atoms with Crippen LogP contribution in [0.2, 0.25) is 0 Å². The van der Waals surface area contributed by atoms with Gasteiger partial charge in [-0.25, -0.2) is 44.9 Å². The third-order valence-corrected chi connectivity index (χ3v) is 29.3. The minimum absolute atomic E-state index is 0.0233. The Labute approximate surface area is 802 Å². The standard InChI is InChI=1S/C43H25N3O.C43H25N3S.C42H29N3/c2*1-2-9-28(10-3-1)41-44-42(31-17-14-26-8-4-5-11-29(26)24-31)46-43(45-41)32-19-20-33-30(25-32)16-15-27-18-21-37-35(39(27)33)22-23-36-34-12-6-7-13-38(34)47-40(36)37;1-42(2)35-16-10-9-15-34(35)38-33-22-19-26-17-18-29-25-30(20-21-31(29)37(26)32(33)23-24-36(38)42)41-44-39(27-11-5-3-6-12-27)43-40(45-41)28-13-7-4-8-14-28/h2*1-25H;3-25H,1-2H3. The van der Waals surface area contributed by atoms with Crippen molar-refractivity contribution in [2.45, 2.75) is 19.3 Å². The Balaban J connectivity index is 0.000000105. The van der Waals surface area contributed by atoms with Crippen LogP contribution in [0.3, 0.4) is 0 Å². The number of benzene rings is 23. The van der Waals surface area contributed by atoms with Crippen molar-refractivity contribution in [2.75, 3.05) is 0 Å². The molecule has 1 aliphatic rings. The van der Waals surface area contributed by atoms with Crippen LogP contribution in [0.5, 0.6) is 0 Å². The molecule has 0 atom stereocenters. The summed E-state index contributed by atoms with van der Waals surface area (Å²) >= 11 is 1.88. The second-order valence-corrected chi connectivity index (χ2v) is 37.6. The number of para-hydroxylation sites is 1. The van der Waals surface area contributed by atoms with E-state index in [1.54, 1.807) is 0 Å². The first-order valence-electron chi connectivity index (χ1n) is 47.0. The molecule has 0 aliphatic heterocycles. The highest BCUT2D eigenvalue weighted by Gasteiger charge is 2.37. The quantitative estimate of drug-likeness (QED) is 0.129. The van der Waals surface area contributed by atoms with Crippen molar-refractivity contribution < 1.29 is 4.42 Å².